The van der Waals surface area contributed by atoms with Crippen LogP contribution in [0.3, 0.4) is 0 Å². The molecule has 0 amide bonds. The van der Waals surface area contributed by atoms with Gasteiger partial charge in [-0.25, -0.2) is 13.6 Å². The van der Waals surface area contributed by atoms with Gasteiger partial charge in [-0.3, -0.25) is 0 Å². The Morgan fingerprint density at radius 2 is 1.69 bits per heavy atom. The van der Waals surface area contributed by atoms with Crippen molar-refractivity contribution in [3.05, 3.63) is 71.6 Å². The maximum Gasteiger partial charge on any atom is 0.344 e. The average Bonchev–Trinajstić information content (AvgIpc) is 2.60. The van der Waals surface area contributed by atoms with Crippen molar-refractivity contribution in [2.45, 2.75) is 6.61 Å². The van der Waals surface area contributed by atoms with Crippen molar-refractivity contribution >= 4 is 23.6 Å². The minimum atomic E-state index is -1.17. The second-order valence-electron chi connectivity index (χ2n) is 5.10. The van der Waals surface area contributed by atoms with E-state index in [0.717, 1.165) is 23.9 Å². The van der Waals surface area contributed by atoms with E-state index in [1.807, 2.05) is 18.2 Å². The van der Waals surface area contributed by atoms with E-state index in [1.54, 1.807) is 12.1 Å². The van der Waals surface area contributed by atoms with Crippen LogP contribution in [0.1, 0.15) is 16.2 Å². The van der Waals surface area contributed by atoms with Crippen LogP contribution in [0.4, 0.5) is 26.4 Å². The van der Waals surface area contributed by atoms with E-state index < -0.39 is 29.8 Å². The maximum absolute atomic E-state index is 13.6. The highest BCUT2D eigenvalue weighted by atomic mass is 19.1. The number of hydrogen-bond donors (Lipinski definition) is 2. The highest BCUT2D eigenvalue weighted by Crippen LogP contribution is 2.15. The minimum Gasteiger partial charge on any atom is -0.454 e. The van der Waals surface area contributed by atoms with Gasteiger partial charge in [0.05, 0.1) is 0 Å². The summed E-state index contributed by atoms with van der Waals surface area (Å²) in [6, 6.07) is 12.1. The number of para-hydroxylation sites is 1. The number of anilines is 3. The molecule has 1 heterocycles. The van der Waals surface area contributed by atoms with Crippen LogP contribution in [-0.2, 0) is 11.3 Å². The molecule has 0 radical (unpaired) electrons. The number of carbonyl (C=O) groups excluding carboxylic acids is 1. The number of ether oxygens (including phenoxy) is 1. The number of hydrogen-bond acceptors (Lipinski definition) is 7. The molecule has 132 valence electrons. The molecule has 0 saturated heterocycles. The van der Waals surface area contributed by atoms with E-state index in [1.165, 1.54) is 0 Å². The van der Waals surface area contributed by atoms with E-state index in [-0.39, 0.29) is 17.7 Å². The summed E-state index contributed by atoms with van der Waals surface area (Å²) in [5.74, 6) is -3.13. The Labute approximate surface area is 146 Å². The van der Waals surface area contributed by atoms with Gasteiger partial charge in [0, 0.05) is 5.69 Å². The Hall–Kier alpha value is -3.62. The number of benzene rings is 2. The molecule has 26 heavy (non-hydrogen) atoms. The van der Waals surface area contributed by atoms with Gasteiger partial charge in [-0.1, -0.05) is 24.3 Å². The Morgan fingerprint density at radius 1 is 1.00 bits per heavy atom. The van der Waals surface area contributed by atoms with Crippen LogP contribution in [-0.4, -0.2) is 20.9 Å². The van der Waals surface area contributed by atoms with E-state index in [0.29, 0.717) is 0 Å². The van der Waals surface area contributed by atoms with Crippen molar-refractivity contribution in [2.75, 3.05) is 11.1 Å². The van der Waals surface area contributed by atoms with E-state index in [9.17, 15) is 13.6 Å². The number of rotatable bonds is 5. The fourth-order valence-corrected chi connectivity index (χ4v) is 2.10. The largest absolute Gasteiger partial charge is 0.454 e. The summed E-state index contributed by atoms with van der Waals surface area (Å²) in [6.45, 7) is -0.428. The molecular weight excluding hydrogens is 344 g/mol. The molecule has 0 aliphatic carbocycles. The summed E-state index contributed by atoms with van der Waals surface area (Å²) >= 11 is 0. The number of aromatic nitrogens is 3. The second kappa shape index (κ2) is 7.51. The van der Waals surface area contributed by atoms with E-state index in [4.69, 9.17) is 10.5 Å². The van der Waals surface area contributed by atoms with Gasteiger partial charge < -0.3 is 15.8 Å². The third kappa shape index (κ3) is 4.07. The van der Waals surface area contributed by atoms with E-state index in [2.05, 4.69) is 20.3 Å². The number of nitrogens with one attached hydrogen (secondary N) is 1. The van der Waals surface area contributed by atoms with Crippen LogP contribution < -0.4 is 11.1 Å². The molecule has 0 bridgehead atoms. The zero-order chi connectivity index (χ0) is 18.5. The lowest BCUT2D eigenvalue weighted by molar-refractivity contribution is 0.0451. The number of nitrogens with zero attached hydrogens (tertiary/aromatic N) is 3. The smallest absolute Gasteiger partial charge is 0.344 e. The summed E-state index contributed by atoms with van der Waals surface area (Å²) in [4.78, 5) is 23.7. The first kappa shape index (κ1) is 17.2. The minimum absolute atomic E-state index is 0.0287. The van der Waals surface area contributed by atoms with Crippen molar-refractivity contribution in [1.82, 2.24) is 15.0 Å². The van der Waals surface area contributed by atoms with Gasteiger partial charge >= 0.3 is 5.97 Å². The lowest BCUT2D eigenvalue weighted by Crippen LogP contribution is -2.13. The van der Waals surface area contributed by atoms with Crippen LogP contribution in [0.15, 0.2) is 48.5 Å². The Kier molecular flexibility index (Phi) is 4.97. The van der Waals surface area contributed by atoms with Gasteiger partial charge in [-0.05, 0) is 24.3 Å². The standard InChI is InChI=1S/C17H13F2N5O2/c18-11-7-4-8-12(19)14(11)15(25)26-9-13-22-16(20)24-17(23-13)21-10-5-2-1-3-6-10/h1-8H,9H2,(H3,20,21,22,23,24). The molecule has 7 nitrogen and oxygen atoms in total. The fraction of sp³-hybridized carbons (Fsp3) is 0.0588. The molecule has 3 N–H and O–H groups in total. The van der Waals surface area contributed by atoms with Crippen LogP contribution in [0.2, 0.25) is 0 Å². The first-order chi connectivity index (χ1) is 12.5. The van der Waals surface area contributed by atoms with Crippen molar-refractivity contribution in [1.29, 1.82) is 0 Å². The quantitative estimate of drug-likeness (QED) is 0.677. The molecule has 9 heteroatoms. The van der Waals surface area contributed by atoms with Gasteiger partial charge in [0.2, 0.25) is 11.9 Å². The predicted molar refractivity (Wildman–Crippen MR) is 89.4 cm³/mol. The third-order valence-electron chi connectivity index (χ3n) is 3.23. The molecule has 0 aliphatic heterocycles. The number of nitrogen functional groups attached to an aromatic ring is 1. The number of nitrogens with two attached hydrogens (primary N) is 1. The first-order valence-corrected chi connectivity index (χ1v) is 7.46. The molecular formula is C17H13F2N5O2. The number of carbonyl (C=O) groups is 1. The topological polar surface area (TPSA) is 103 Å². The fourth-order valence-electron chi connectivity index (χ4n) is 2.10. The molecule has 0 aliphatic rings. The molecule has 2 aromatic carbocycles. The lowest BCUT2D eigenvalue weighted by atomic mass is 10.2. The van der Waals surface area contributed by atoms with Gasteiger partial charge in [-0.2, -0.15) is 15.0 Å². The maximum atomic E-state index is 13.6. The number of esters is 1. The summed E-state index contributed by atoms with van der Waals surface area (Å²) < 4.78 is 32.1. The van der Waals surface area contributed by atoms with Crippen molar-refractivity contribution in [3.63, 3.8) is 0 Å². The van der Waals surface area contributed by atoms with Crippen LogP contribution in [0, 0.1) is 11.6 Å². The lowest BCUT2D eigenvalue weighted by Gasteiger charge is -2.08. The van der Waals surface area contributed by atoms with E-state index >= 15 is 0 Å². The summed E-state index contributed by atoms with van der Waals surface area (Å²) in [6.07, 6.45) is 0. The molecule has 0 fully saturated rings. The molecule has 0 unspecified atom stereocenters. The Morgan fingerprint density at radius 3 is 2.38 bits per heavy atom. The Balaban J connectivity index is 1.73. The van der Waals surface area contributed by atoms with Crippen LogP contribution in [0.5, 0.6) is 0 Å². The zero-order valence-corrected chi connectivity index (χ0v) is 13.3. The Bertz CT molecular complexity index is 917. The normalized spacial score (nSPS) is 10.4. The van der Waals surface area contributed by atoms with Crippen LogP contribution in [0.25, 0.3) is 0 Å². The van der Waals surface area contributed by atoms with Gasteiger partial charge in [-0.15, -0.1) is 0 Å². The molecule has 0 spiro atoms. The monoisotopic (exact) mass is 357 g/mol. The van der Waals surface area contributed by atoms with Gasteiger partial charge in [0.25, 0.3) is 0 Å². The van der Waals surface area contributed by atoms with Crippen molar-refractivity contribution in [3.8, 4) is 0 Å². The van der Waals surface area contributed by atoms with Crippen LogP contribution >= 0.6 is 0 Å². The molecule has 3 rings (SSSR count). The highest BCUT2D eigenvalue weighted by Gasteiger charge is 2.19. The summed E-state index contributed by atoms with van der Waals surface area (Å²) in [5, 5.41) is 2.92. The SMILES string of the molecule is Nc1nc(COC(=O)c2c(F)cccc2F)nc(Nc2ccccc2)n1. The summed E-state index contributed by atoms with van der Waals surface area (Å²) in [7, 11) is 0. The van der Waals surface area contributed by atoms with Crippen molar-refractivity contribution < 1.29 is 18.3 Å². The molecule has 1 aromatic heterocycles. The first-order valence-electron chi connectivity index (χ1n) is 7.46. The van der Waals surface area contributed by atoms with Crippen molar-refractivity contribution in [2.24, 2.45) is 0 Å². The zero-order valence-electron chi connectivity index (χ0n) is 13.3. The third-order valence-corrected chi connectivity index (χ3v) is 3.23. The predicted octanol–water partition coefficient (Wildman–Crippen LogP) is 2.83. The van der Waals surface area contributed by atoms with Gasteiger partial charge in [0.1, 0.15) is 17.2 Å². The van der Waals surface area contributed by atoms with Gasteiger partial charge in [0.15, 0.2) is 12.4 Å². The highest BCUT2D eigenvalue weighted by molar-refractivity contribution is 5.89. The second-order valence-corrected chi connectivity index (χ2v) is 5.10. The molecule has 0 saturated carbocycles. The number of halogens is 2. The molecule has 3 aromatic rings. The average molecular weight is 357 g/mol. The molecule has 0 atom stereocenters. The summed E-state index contributed by atoms with van der Waals surface area (Å²) in [5.41, 5.74) is 5.55.